The quantitative estimate of drug-likeness (QED) is 0.886. The number of aliphatic hydroxyl groups is 1. The lowest BCUT2D eigenvalue weighted by atomic mass is 10.1. The van der Waals surface area contributed by atoms with Gasteiger partial charge in [-0.3, -0.25) is 0 Å². The van der Waals surface area contributed by atoms with Crippen LogP contribution < -0.4 is 14.8 Å². The summed E-state index contributed by atoms with van der Waals surface area (Å²) in [5.41, 5.74) is 3.13. The first-order valence-electron chi connectivity index (χ1n) is 7.16. The molecule has 0 bridgehead atoms. The molecule has 0 aromatic heterocycles. The third-order valence-corrected chi connectivity index (χ3v) is 3.64. The molecular weight excluding hydrogens is 266 g/mol. The lowest BCUT2D eigenvalue weighted by Gasteiger charge is -2.14. The maximum atomic E-state index is 10.3. The Morgan fingerprint density at radius 3 is 2.62 bits per heavy atom. The normalized spacial score (nSPS) is 14.0. The van der Waals surface area contributed by atoms with Gasteiger partial charge in [-0.15, -0.1) is 0 Å². The standard InChI is InChI=1S/C17H19NO3/c1-2-12-3-6-14(7-4-12)18-10-15(19)13-5-8-16-17(9-13)21-11-20-16/h3-9,15,18-19H,2,10-11H2,1H3. The van der Waals surface area contributed by atoms with Crippen LogP contribution in [0.15, 0.2) is 42.5 Å². The van der Waals surface area contributed by atoms with Crippen LogP contribution in [0, 0.1) is 0 Å². The summed E-state index contributed by atoms with van der Waals surface area (Å²) in [6, 6.07) is 13.8. The van der Waals surface area contributed by atoms with Gasteiger partial charge < -0.3 is 19.9 Å². The van der Waals surface area contributed by atoms with Crippen LogP contribution in [0.25, 0.3) is 0 Å². The Kier molecular flexibility index (Phi) is 3.97. The van der Waals surface area contributed by atoms with Crippen molar-refractivity contribution in [3.05, 3.63) is 53.6 Å². The van der Waals surface area contributed by atoms with E-state index >= 15 is 0 Å². The molecular formula is C17H19NO3. The van der Waals surface area contributed by atoms with Crippen molar-refractivity contribution in [2.45, 2.75) is 19.4 Å². The summed E-state index contributed by atoms with van der Waals surface area (Å²) in [5.74, 6) is 1.42. The first-order valence-corrected chi connectivity index (χ1v) is 7.16. The average molecular weight is 285 g/mol. The molecule has 0 radical (unpaired) electrons. The van der Waals surface area contributed by atoms with Gasteiger partial charge >= 0.3 is 0 Å². The highest BCUT2D eigenvalue weighted by molar-refractivity contribution is 5.47. The molecule has 4 heteroatoms. The van der Waals surface area contributed by atoms with Crippen molar-refractivity contribution in [2.24, 2.45) is 0 Å². The first kappa shape index (κ1) is 13.8. The Morgan fingerprint density at radius 2 is 1.86 bits per heavy atom. The maximum Gasteiger partial charge on any atom is 0.231 e. The van der Waals surface area contributed by atoms with Gasteiger partial charge in [0.05, 0.1) is 6.10 Å². The summed E-state index contributed by atoms with van der Waals surface area (Å²) in [6.45, 7) is 2.83. The van der Waals surface area contributed by atoms with Crippen LogP contribution in [0.4, 0.5) is 5.69 Å². The molecule has 2 N–H and O–H groups in total. The minimum absolute atomic E-state index is 0.247. The highest BCUT2D eigenvalue weighted by atomic mass is 16.7. The van der Waals surface area contributed by atoms with Gasteiger partial charge in [-0.2, -0.15) is 0 Å². The zero-order valence-electron chi connectivity index (χ0n) is 12.0. The number of nitrogens with one attached hydrogen (secondary N) is 1. The number of rotatable bonds is 5. The SMILES string of the molecule is CCc1ccc(NCC(O)c2ccc3c(c2)OCO3)cc1. The molecule has 2 aromatic rings. The summed E-state index contributed by atoms with van der Waals surface area (Å²) in [4.78, 5) is 0. The topological polar surface area (TPSA) is 50.7 Å². The van der Waals surface area contributed by atoms with Crippen LogP contribution in [0.1, 0.15) is 24.2 Å². The average Bonchev–Trinajstić information content (AvgIpc) is 3.00. The molecule has 4 nitrogen and oxygen atoms in total. The van der Waals surface area contributed by atoms with Crippen LogP contribution in [-0.2, 0) is 6.42 Å². The van der Waals surface area contributed by atoms with Gasteiger partial charge in [-0.05, 0) is 41.8 Å². The van der Waals surface area contributed by atoms with Gasteiger partial charge in [0, 0.05) is 12.2 Å². The predicted molar refractivity (Wildman–Crippen MR) is 81.8 cm³/mol. The molecule has 1 aliphatic rings. The largest absolute Gasteiger partial charge is 0.454 e. The van der Waals surface area contributed by atoms with Gasteiger partial charge in [0.25, 0.3) is 0 Å². The van der Waals surface area contributed by atoms with E-state index in [4.69, 9.17) is 9.47 Å². The Hall–Kier alpha value is -2.20. The van der Waals surface area contributed by atoms with Gasteiger partial charge in [0.15, 0.2) is 11.5 Å². The van der Waals surface area contributed by atoms with Crippen LogP contribution >= 0.6 is 0 Å². The maximum absolute atomic E-state index is 10.3. The molecule has 2 aromatic carbocycles. The smallest absolute Gasteiger partial charge is 0.231 e. The number of ether oxygens (including phenoxy) is 2. The fourth-order valence-corrected chi connectivity index (χ4v) is 2.31. The van der Waals surface area contributed by atoms with Gasteiger partial charge in [-0.1, -0.05) is 25.1 Å². The summed E-state index contributed by atoms with van der Waals surface area (Å²) >= 11 is 0. The summed E-state index contributed by atoms with van der Waals surface area (Å²) in [5, 5.41) is 13.5. The highest BCUT2D eigenvalue weighted by Gasteiger charge is 2.16. The fourth-order valence-electron chi connectivity index (χ4n) is 2.31. The Morgan fingerprint density at radius 1 is 1.10 bits per heavy atom. The van der Waals surface area contributed by atoms with E-state index in [1.165, 1.54) is 5.56 Å². The lowest BCUT2D eigenvalue weighted by molar-refractivity contribution is 0.173. The number of hydrogen-bond donors (Lipinski definition) is 2. The van der Waals surface area contributed by atoms with Crippen LogP contribution in [0.3, 0.4) is 0 Å². The Bertz CT molecular complexity index is 610. The Balaban J connectivity index is 1.61. The second kappa shape index (κ2) is 6.06. The molecule has 1 aliphatic heterocycles. The van der Waals surface area contributed by atoms with Crippen LogP contribution in [-0.4, -0.2) is 18.4 Å². The number of aryl methyl sites for hydroxylation is 1. The minimum Gasteiger partial charge on any atom is -0.454 e. The molecule has 110 valence electrons. The minimum atomic E-state index is -0.592. The molecule has 0 spiro atoms. The molecule has 0 aliphatic carbocycles. The first-order chi connectivity index (χ1) is 10.3. The monoisotopic (exact) mass is 285 g/mol. The third kappa shape index (κ3) is 3.11. The molecule has 0 fully saturated rings. The van der Waals surface area contributed by atoms with Gasteiger partial charge in [0.1, 0.15) is 0 Å². The summed E-state index contributed by atoms with van der Waals surface area (Å²) < 4.78 is 10.6. The zero-order valence-corrected chi connectivity index (χ0v) is 12.0. The van der Waals surface area contributed by atoms with E-state index in [1.807, 2.05) is 30.3 Å². The van der Waals surface area contributed by atoms with E-state index in [0.717, 1.165) is 23.4 Å². The van der Waals surface area contributed by atoms with E-state index in [9.17, 15) is 5.11 Å². The van der Waals surface area contributed by atoms with Crippen molar-refractivity contribution >= 4 is 5.69 Å². The molecule has 0 amide bonds. The van der Waals surface area contributed by atoms with Crippen molar-refractivity contribution < 1.29 is 14.6 Å². The second-order valence-corrected chi connectivity index (χ2v) is 5.06. The van der Waals surface area contributed by atoms with Crippen LogP contribution in [0.5, 0.6) is 11.5 Å². The van der Waals surface area contributed by atoms with E-state index in [1.54, 1.807) is 0 Å². The second-order valence-electron chi connectivity index (χ2n) is 5.06. The number of fused-ring (bicyclic) bond motifs is 1. The number of aliphatic hydroxyl groups excluding tert-OH is 1. The zero-order chi connectivity index (χ0) is 14.7. The predicted octanol–water partition coefficient (Wildman–Crippen LogP) is 3.12. The van der Waals surface area contributed by atoms with Crippen molar-refractivity contribution in [3.8, 4) is 11.5 Å². The van der Waals surface area contributed by atoms with E-state index in [2.05, 4.69) is 24.4 Å². The summed E-state index contributed by atoms with van der Waals surface area (Å²) in [7, 11) is 0. The van der Waals surface area contributed by atoms with E-state index in [-0.39, 0.29) is 6.79 Å². The van der Waals surface area contributed by atoms with E-state index in [0.29, 0.717) is 12.3 Å². The molecule has 1 unspecified atom stereocenters. The molecule has 1 atom stereocenters. The van der Waals surface area contributed by atoms with Crippen molar-refractivity contribution in [2.75, 3.05) is 18.7 Å². The molecule has 1 heterocycles. The van der Waals surface area contributed by atoms with E-state index < -0.39 is 6.10 Å². The van der Waals surface area contributed by atoms with Crippen molar-refractivity contribution in [1.82, 2.24) is 0 Å². The van der Waals surface area contributed by atoms with Crippen molar-refractivity contribution in [1.29, 1.82) is 0 Å². The number of anilines is 1. The number of hydrogen-bond acceptors (Lipinski definition) is 4. The van der Waals surface area contributed by atoms with Crippen LogP contribution in [0.2, 0.25) is 0 Å². The highest BCUT2D eigenvalue weighted by Crippen LogP contribution is 2.34. The molecule has 0 saturated heterocycles. The number of benzene rings is 2. The third-order valence-electron chi connectivity index (χ3n) is 3.64. The fraction of sp³-hybridized carbons (Fsp3) is 0.294. The summed E-state index contributed by atoms with van der Waals surface area (Å²) in [6.07, 6.45) is 0.436. The van der Waals surface area contributed by atoms with Crippen molar-refractivity contribution in [3.63, 3.8) is 0 Å². The van der Waals surface area contributed by atoms with Gasteiger partial charge in [0.2, 0.25) is 6.79 Å². The lowest BCUT2D eigenvalue weighted by Crippen LogP contribution is -2.12. The van der Waals surface area contributed by atoms with Gasteiger partial charge in [-0.25, -0.2) is 0 Å². The molecule has 3 rings (SSSR count). The molecule has 21 heavy (non-hydrogen) atoms. The molecule has 0 saturated carbocycles. The Labute approximate surface area is 124 Å².